The van der Waals surface area contributed by atoms with Crippen LogP contribution in [-0.2, 0) is 10.0 Å². The molecule has 1 aromatic rings. The highest BCUT2D eigenvalue weighted by Gasteiger charge is 2.20. The maximum absolute atomic E-state index is 13.3. The molecule has 120 valence electrons. The minimum absolute atomic E-state index is 0.176. The number of benzene rings is 1. The zero-order valence-corrected chi connectivity index (χ0v) is 14.2. The average molecular weight is 316 g/mol. The van der Waals surface area contributed by atoms with Crippen molar-refractivity contribution in [1.29, 1.82) is 0 Å². The molecular weight excluding hydrogens is 291 g/mol. The van der Waals surface area contributed by atoms with E-state index in [4.69, 9.17) is 0 Å². The van der Waals surface area contributed by atoms with Gasteiger partial charge in [-0.15, -0.1) is 0 Å². The van der Waals surface area contributed by atoms with Crippen molar-refractivity contribution in [3.8, 4) is 0 Å². The Kier molecular flexibility index (Phi) is 6.31. The fourth-order valence-corrected chi connectivity index (χ4v) is 3.75. The molecule has 0 saturated heterocycles. The van der Waals surface area contributed by atoms with Gasteiger partial charge in [0.15, 0.2) is 0 Å². The Morgan fingerprint density at radius 1 is 1.29 bits per heavy atom. The van der Waals surface area contributed by atoms with Crippen LogP contribution in [0, 0.1) is 19.7 Å². The van der Waals surface area contributed by atoms with Gasteiger partial charge in [0.1, 0.15) is 5.82 Å². The van der Waals surface area contributed by atoms with Crippen molar-refractivity contribution in [2.75, 3.05) is 20.1 Å². The summed E-state index contributed by atoms with van der Waals surface area (Å²) in [6, 6.07) is 2.89. The number of hydrogen-bond acceptors (Lipinski definition) is 3. The Bertz CT molecular complexity index is 564. The second-order valence-electron chi connectivity index (χ2n) is 5.50. The van der Waals surface area contributed by atoms with Crippen LogP contribution in [0.25, 0.3) is 0 Å². The third kappa shape index (κ3) is 4.76. The second kappa shape index (κ2) is 7.33. The van der Waals surface area contributed by atoms with Crippen LogP contribution < -0.4 is 4.72 Å². The van der Waals surface area contributed by atoms with E-state index >= 15 is 0 Å². The van der Waals surface area contributed by atoms with Gasteiger partial charge in [-0.3, -0.25) is 0 Å². The first-order valence-corrected chi connectivity index (χ1v) is 8.64. The SMILES string of the molecule is CCC(C)N(C)CCNS(=O)(=O)c1c(C)cc(F)cc1C. The number of halogens is 1. The summed E-state index contributed by atoms with van der Waals surface area (Å²) in [5, 5.41) is 0. The second-order valence-corrected chi connectivity index (χ2v) is 7.21. The third-order valence-corrected chi connectivity index (χ3v) is 5.56. The number of sulfonamides is 1. The van der Waals surface area contributed by atoms with Gasteiger partial charge in [-0.1, -0.05) is 6.92 Å². The monoisotopic (exact) mass is 316 g/mol. The molecule has 0 radical (unpaired) electrons. The number of likely N-dealkylation sites (N-methyl/N-ethyl adjacent to an activating group) is 1. The topological polar surface area (TPSA) is 49.4 Å². The number of nitrogens with zero attached hydrogens (tertiary/aromatic N) is 1. The maximum Gasteiger partial charge on any atom is 0.241 e. The van der Waals surface area contributed by atoms with Crippen molar-refractivity contribution in [2.45, 2.75) is 45.1 Å². The number of aryl methyl sites for hydroxylation is 2. The van der Waals surface area contributed by atoms with E-state index in [2.05, 4.69) is 23.5 Å². The largest absolute Gasteiger partial charge is 0.302 e. The van der Waals surface area contributed by atoms with E-state index < -0.39 is 15.8 Å². The van der Waals surface area contributed by atoms with Crippen molar-refractivity contribution < 1.29 is 12.8 Å². The third-order valence-electron chi connectivity index (χ3n) is 3.79. The Morgan fingerprint density at radius 3 is 2.29 bits per heavy atom. The molecule has 1 N–H and O–H groups in total. The van der Waals surface area contributed by atoms with Crippen LogP contribution in [0.5, 0.6) is 0 Å². The van der Waals surface area contributed by atoms with E-state index in [1.165, 1.54) is 12.1 Å². The summed E-state index contributed by atoms with van der Waals surface area (Å²) in [6.45, 7) is 8.37. The highest BCUT2D eigenvalue weighted by molar-refractivity contribution is 7.89. The summed E-state index contributed by atoms with van der Waals surface area (Å²) in [7, 11) is -1.64. The van der Waals surface area contributed by atoms with Crippen LogP contribution in [0.1, 0.15) is 31.4 Å². The highest BCUT2D eigenvalue weighted by atomic mass is 32.2. The van der Waals surface area contributed by atoms with Crippen LogP contribution in [-0.4, -0.2) is 39.5 Å². The molecule has 0 aliphatic rings. The van der Waals surface area contributed by atoms with Gasteiger partial charge in [-0.2, -0.15) is 0 Å². The summed E-state index contributed by atoms with van der Waals surface area (Å²) in [6.07, 6.45) is 1.01. The number of rotatable bonds is 7. The first-order chi connectivity index (χ1) is 9.69. The lowest BCUT2D eigenvalue weighted by Gasteiger charge is -2.23. The van der Waals surface area contributed by atoms with E-state index in [1.54, 1.807) is 13.8 Å². The van der Waals surface area contributed by atoms with Crippen LogP contribution in [0.3, 0.4) is 0 Å². The van der Waals surface area contributed by atoms with Crippen LogP contribution in [0.15, 0.2) is 17.0 Å². The van der Waals surface area contributed by atoms with Gasteiger partial charge >= 0.3 is 0 Å². The normalized spacial score (nSPS) is 13.7. The Labute approximate surface area is 127 Å². The standard InChI is InChI=1S/C15H25FN2O2S/c1-6-13(4)18(5)8-7-17-21(19,20)15-11(2)9-14(16)10-12(15)3/h9-10,13,17H,6-8H2,1-5H3. The quantitative estimate of drug-likeness (QED) is 0.840. The molecule has 4 nitrogen and oxygen atoms in total. The molecule has 0 heterocycles. The molecule has 1 aromatic carbocycles. The Morgan fingerprint density at radius 2 is 1.81 bits per heavy atom. The minimum atomic E-state index is -3.61. The van der Waals surface area contributed by atoms with E-state index in [0.717, 1.165) is 6.42 Å². The van der Waals surface area contributed by atoms with E-state index in [1.807, 2.05) is 7.05 Å². The van der Waals surface area contributed by atoms with E-state index in [0.29, 0.717) is 30.3 Å². The van der Waals surface area contributed by atoms with E-state index in [-0.39, 0.29) is 4.90 Å². The maximum atomic E-state index is 13.3. The lowest BCUT2D eigenvalue weighted by molar-refractivity contribution is 0.256. The predicted molar refractivity (Wildman–Crippen MR) is 83.4 cm³/mol. The van der Waals surface area contributed by atoms with Crippen molar-refractivity contribution in [3.63, 3.8) is 0 Å². The molecule has 21 heavy (non-hydrogen) atoms. The number of hydrogen-bond donors (Lipinski definition) is 1. The molecule has 0 fully saturated rings. The molecule has 0 saturated carbocycles. The summed E-state index contributed by atoms with van der Waals surface area (Å²) >= 11 is 0. The zero-order chi connectivity index (χ0) is 16.2. The first-order valence-electron chi connectivity index (χ1n) is 7.15. The summed E-state index contributed by atoms with van der Waals surface area (Å²) in [5.41, 5.74) is 0.852. The van der Waals surface area contributed by atoms with Gasteiger partial charge in [-0.05, 0) is 57.5 Å². The molecule has 1 rings (SSSR count). The van der Waals surface area contributed by atoms with Gasteiger partial charge in [0, 0.05) is 19.1 Å². The van der Waals surface area contributed by atoms with Gasteiger partial charge in [0.2, 0.25) is 10.0 Å². The first kappa shape index (κ1) is 18.1. The average Bonchev–Trinajstić information content (AvgIpc) is 2.35. The zero-order valence-electron chi connectivity index (χ0n) is 13.4. The fourth-order valence-electron chi connectivity index (χ4n) is 2.28. The smallest absolute Gasteiger partial charge is 0.241 e. The Hall–Kier alpha value is -0.980. The molecule has 0 bridgehead atoms. The molecule has 0 aromatic heterocycles. The van der Waals surface area contributed by atoms with Gasteiger partial charge in [0.25, 0.3) is 0 Å². The summed E-state index contributed by atoms with van der Waals surface area (Å²) in [4.78, 5) is 2.28. The van der Waals surface area contributed by atoms with Crippen molar-refractivity contribution in [2.24, 2.45) is 0 Å². The van der Waals surface area contributed by atoms with E-state index in [9.17, 15) is 12.8 Å². The van der Waals surface area contributed by atoms with Crippen molar-refractivity contribution >= 4 is 10.0 Å². The predicted octanol–water partition coefficient (Wildman–Crippen LogP) is 2.45. The molecule has 0 aliphatic carbocycles. The van der Waals surface area contributed by atoms with Crippen molar-refractivity contribution in [3.05, 3.63) is 29.1 Å². The van der Waals surface area contributed by atoms with Gasteiger partial charge in [0.05, 0.1) is 4.90 Å². The molecule has 6 heteroatoms. The molecule has 1 atom stereocenters. The molecule has 1 unspecified atom stereocenters. The molecule has 0 spiro atoms. The Balaban J connectivity index is 2.80. The molecule has 0 aliphatic heterocycles. The fraction of sp³-hybridized carbons (Fsp3) is 0.600. The summed E-state index contributed by atoms with van der Waals surface area (Å²) in [5.74, 6) is -0.416. The minimum Gasteiger partial charge on any atom is -0.302 e. The molecule has 0 amide bonds. The van der Waals surface area contributed by atoms with Crippen LogP contribution in [0.4, 0.5) is 4.39 Å². The van der Waals surface area contributed by atoms with Gasteiger partial charge in [-0.25, -0.2) is 17.5 Å². The van der Waals surface area contributed by atoms with Crippen molar-refractivity contribution in [1.82, 2.24) is 9.62 Å². The lowest BCUT2D eigenvalue weighted by Crippen LogP contribution is -2.37. The molecular formula is C15H25FN2O2S. The summed E-state index contributed by atoms with van der Waals surface area (Å²) < 4.78 is 40.6. The number of nitrogens with one attached hydrogen (secondary N) is 1. The van der Waals surface area contributed by atoms with Crippen LogP contribution >= 0.6 is 0 Å². The van der Waals surface area contributed by atoms with Crippen LogP contribution in [0.2, 0.25) is 0 Å². The van der Waals surface area contributed by atoms with Gasteiger partial charge < -0.3 is 4.90 Å². The highest BCUT2D eigenvalue weighted by Crippen LogP contribution is 2.21. The lowest BCUT2D eigenvalue weighted by atomic mass is 10.1.